The van der Waals surface area contributed by atoms with Gasteiger partial charge in [-0.2, -0.15) is 0 Å². The van der Waals surface area contributed by atoms with Crippen molar-refractivity contribution in [3.05, 3.63) is 11.6 Å². The van der Waals surface area contributed by atoms with Crippen molar-refractivity contribution in [2.45, 2.75) is 119 Å². The van der Waals surface area contributed by atoms with Crippen LogP contribution in [0, 0.1) is 28.6 Å². The molecule has 4 aliphatic carbocycles. The first-order valence-corrected chi connectivity index (χ1v) is 14.9. The van der Waals surface area contributed by atoms with Gasteiger partial charge in [-0.05, 0) is 56.4 Å². The molecule has 6 aliphatic rings. The standard InChI is InChI=1S/C29H44O12/c1-13-22(34)23(35)24(36)25(40-13)41-15-8-19(32)28(12-30)21-17(3-5-27(28,37)9-15)29(38)6-4-16(14-7-20(33)39-11-14)26(29,2)10-18(21)31/h7,13,15-19,21-25,30-32,34-38H,3-6,8-12H2,1-2H3/t13?,15-,16+,17?,18+,19+,21+,22?,23?,24?,25?,26+,27-,28+,29-/m0/s1. The molecular formula is C29H44O12. The number of cyclic esters (lactones) is 1. The monoisotopic (exact) mass is 584 g/mol. The average molecular weight is 585 g/mol. The van der Waals surface area contributed by atoms with E-state index in [0.717, 1.165) is 5.57 Å². The topological polar surface area (TPSA) is 207 Å². The molecule has 2 heterocycles. The number of fused-ring (bicyclic) bond motifs is 5. The molecule has 0 amide bonds. The summed E-state index contributed by atoms with van der Waals surface area (Å²) >= 11 is 0. The molecule has 0 bridgehead atoms. The van der Waals surface area contributed by atoms with Gasteiger partial charge in [-0.1, -0.05) is 6.92 Å². The third-order valence-electron chi connectivity index (χ3n) is 12.2. The highest BCUT2D eigenvalue weighted by atomic mass is 16.7. The Bertz CT molecular complexity index is 1080. The van der Waals surface area contributed by atoms with Crippen molar-refractivity contribution >= 4 is 5.97 Å². The van der Waals surface area contributed by atoms with Crippen LogP contribution in [-0.2, 0) is 19.0 Å². The maximum absolute atomic E-state index is 12.4. The summed E-state index contributed by atoms with van der Waals surface area (Å²) in [6.07, 6.45) is -6.68. The molecule has 41 heavy (non-hydrogen) atoms. The zero-order chi connectivity index (χ0) is 29.7. The third-order valence-corrected chi connectivity index (χ3v) is 12.2. The van der Waals surface area contributed by atoms with Crippen molar-refractivity contribution in [3.63, 3.8) is 0 Å². The molecule has 1 saturated heterocycles. The highest BCUT2D eigenvalue weighted by molar-refractivity contribution is 5.85. The minimum Gasteiger partial charge on any atom is -0.458 e. The van der Waals surface area contributed by atoms with Crippen LogP contribution in [0.1, 0.15) is 58.8 Å². The maximum Gasteiger partial charge on any atom is 0.331 e. The van der Waals surface area contributed by atoms with Gasteiger partial charge in [0.2, 0.25) is 0 Å². The van der Waals surface area contributed by atoms with E-state index in [-0.39, 0.29) is 38.2 Å². The van der Waals surface area contributed by atoms with Gasteiger partial charge < -0.3 is 55.1 Å². The highest BCUT2D eigenvalue weighted by Gasteiger charge is 2.75. The molecule has 6 unspecified atom stereocenters. The molecule has 4 saturated carbocycles. The average Bonchev–Trinajstić information content (AvgIpc) is 3.45. The Morgan fingerprint density at radius 3 is 2.41 bits per heavy atom. The number of carbonyl (C=O) groups excluding carboxylic acids is 1. The van der Waals surface area contributed by atoms with E-state index in [4.69, 9.17) is 14.2 Å². The molecule has 0 radical (unpaired) electrons. The van der Waals surface area contributed by atoms with Gasteiger partial charge in [0.05, 0.1) is 47.6 Å². The SMILES string of the molecule is CC1OC(O[C@H]2C[C@@H](O)[C@]3(CO)[C@@H]4C(CC[C@]3(O)C2)[C@@]2(O)CC[C@H](C3=CC(=O)OC3)[C@@]2(C)C[C@H]4O)C(O)C(O)C1O. The molecule has 12 nitrogen and oxygen atoms in total. The number of aliphatic hydroxyl groups is 8. The number of hydrogen-bond donors (Lipinski definition) is 8. The van der Waals surface area contributed by atoms with E-state index in [2.05, 4.69) is 0 Å². The summed E-state index contributed by atoms with van der Waals surface area (Å²) in [6.45, 7) is 3.00. The van der Waals surface area contributed by atoms with Gasteiger partial charge in [-0.15, -0.1) is 0 Å². The molecule has 8 N–H and O–H groups in total. The Kier molecular flexibility index (Phi) is 7.22. The second kappa shape index (κ2) is 9.91. The summed E-state index contributed by atoms with van der Waals surface area (Å²) in [4.78, 5) is 11.8. The molecule has 0 aromatic carbocycles. The summed E-state index contributed by atoms with van der Waals surface area (Å²) < 4.78 is 16.7. The molecule has 0 spiro atoms. The van der Waals surface area contributed by atoms with Gasteiger partial charge in [0.1, 0.15) is 24.9 Å². The van der Waals surface area contributed by atoms with Crippen molar-refractivity contribution in [1.29, 1.82) is 0 Å². The molecule has 5 fully saturated rings. The number of rotatable bonds is 4. The molecule has 2 aliphatic heterocycles. The quantitative estimate of drug-likeness (QED) is 0.140. The van der Waals surface area contributed by atoms with Crippen LogP contribution in [0.5, 0.6) is 0 Å². The summed E-state index contributed by atoms with van der Waals surface area (Å²) in [7, 11) is 0. The first kappa shape index (κ1) is 29.9. The number of aliphatic hydroxyl groups excluding tert-OH is 6. The Morgan fingerprint density at radius 1 is 1.02 bits per heavy atom. The lowest BCUT2D eigenvalue weighted by Crippen LogP contribution is -2.76. The van der Waals surface area contributed by atoms with Gasteiger partial charge >= 0.3 is 5.97 Å². The summed E-state index contributed by atoms with van der Waals surface area (Å²) in [5, 5.41) is 89.6. The molecule has 0 aromatic heterocycles. The number of carbonyl (C=O) groups is 1. The minimum atomic E-state index is -1.67. The predicted molar refractivity (Wildman–Crippen MR) is 139 cm³/mol. The second-order valence-electron chi connectivity index (χ2n) is 13.8. The second-order valence-corrected chi connectivity index (χ2v) is 13.8. The number of ether oxygens (including phenoxy) is 3. The lowest BCUT2D eigenvalue weighted by Gasteiger charge is -2.68. The maximum atomic E-state index is 12.4. The Labute approximate surface area is 238 Å². The van der Waals surface area contributed by atoms with Gasteiger partial charge in [0.15, 0.2) is 6.29 Å². The van der Waals surface area contributed by atoms with E-state index >= 15 is 0 Å². The van der Waals surface area contributed by atoms with Crippen molar-refractivity contribution < 1.29 is 59.9 Å². The summed E-state index contributed by atoms with van der Waals surface area (Å²) in [5.74, 6) is -1.93. The smallest absolute Gasteiger partial charge is 0.331 e. The normalized spacial score (nSPS) is 56.9. The third kappa shape index (κ3) is 3.99. The van der Waals surface area contributed by atoms with Crippen LogP contribution in [0.25, 0.3) is 0 Å². The van der Waals surface area contributed by atoms with Crippen LogP contribution in [0.2, 0.25) is 0 Å². The molecule has 232 valence electrons. The minimum absolute atomic E-state index is 0.0369. The van der Waals surface area contributed by atoms with Gasteiger partial charge in [-0.25, -0.2) is 4.79 Å². The van der Waals surface area contributed by atoms with E-state index in [1.54, 1.807) is 0 Å². The fourth-order valence-electron chi connectivity index (χ4n) is 10.1. The van der Waals surface area contributed by atoms with Crippen molar-refractivity contribution in [2.24, 2.45) is 28.6 Å². The van der Waals surface area contributed by atoms with Gasteiger partial charge in [0, 0.05) is 30.3 Å². The van der Waals surface area contributed by atoms with Gasteiger partial charge in [-0.3, -0.25) is 0 Å². The molecule has 15 atom stereocenters. The van der Waals surface area contributed by atoms with Crippen LogP contribution in [0.15, 0.2) is 11.6 Å². The predicted octanol–water partition coefficient (Wildman–Crippen LogP) is -1.51. The van der Waals surface area contributed by atoms with Crippen molar-refractivity contribution in [1.82, 2.24) is 0 Å². The van der Waals surface area contributed by atoms with E-state index < -0.39 is 95.5 Å². The summed E-state index contributed by atoms with van der Waals surface area (Å²) in [5.41, 5.74) is -4.46. The fourth-order valence-corrected chi connectivity index (χ4v) is 10.1. The first-order chi connectivity index (χ1) is 19.2. The lowest BCUT2D eigenvalue weighted by atomic mass is 9.40. The van der Waals surface area contributed by atoms with E-state index in [1.165, 1.54) is 13.0 Å². The zero-order valence-corrected chi connectivity index (χ0v) is 23.5. The van der Waals surface area contributed by atoms with E-state index in [9.17, 15) is 45.6 Å². The highest BCUT2D eigenvalue weighted by Crippen LogP contribution is 2.70. The van der Waals surface area contributed by atoms with E-state index in [1.807, 2.05) is 6.92 Å². The molecule has 6 rings (SSSR count). The Hall–Kier alpha value is -1.19. The molecule has 12 heteroatoms. The largest absolute Gasteiger partial charge is 0.458 e. The number of esters is 1. The number of hydrogen-bond acceptors (Lipinski definition) is 12. The lowest BCUT2D eigenvalue weighted by molar-refractivity contribution is -0.342. The molecule has 0 aromatic rings. The molecular weight excluding hydrogens is 540 g/mol. The van der Waals surface area contributed by atoms with Crippen LogP contribution in [0.3, 0.4) is 0 Å². The summed E-state index contributed by atoms with van der Waals surface area (Å²) in [6, 6.07) is 0. The van der Waals surface area contributed by atoms with Crippen LogP contribution < -0.4 is 0 Å². The fraction of sp³-hybridized carbons (Fsp3) is 0.897. The first-order valence-electron chi connectivity index (χ1n) is 14.9. The van der Waals surface area contributed by atoms with E-state index in [0.29, 0.717) is 19.3 Å². The van der Waals surface area contributed by atoms with Crippen LogP contribution in [-0.4, -0.2) is 120 Å². The van der Waals surface area contributed by atoms with Gasteiger partial charge in [0.25, 0.3) is 0 Å². The zero-order valence-electron chi connectivity index (χ0n) is 23.5. The van der Waals surface area contributed by atoms with Crippen molar-refractivity contribution in [2.75, 3.05) is 13.2 Å². The van der Waals surface area contributed by atoms with Crippen LogP contribution in [0.4, 0.5) is 0 Å². The van der Waals surface area contributed by atoms with Crippen molar-refractivity contribution in [3.8, 4) is 0 Å². The Morgan fingerprint density at radius 2 is 1.76 bits per heavy atom. The Balaban J connectivity index is 1.28. The van der Waals surface area contributed by atoms with Crippen LogP contribution >= 0.6 is 0 Å².